The van der Waals surface area contributed by atoms with E-state index in [1.54, 1.807) is 18.5 Å². The molecule has 5 rings (SSSR count). The van der Waals surface area contributed by atoms with Gasteiger partial charge < -0.3 is 16.1 Å². The molecule has 0 aliphatic heterocycles. The summed E-state index contributed by atoms with van der Waals surface area (Å²) in [6, 6.07) is 15.5. The Balaban J connectivity index is 1.41. The molecule has 0 unspecified atom stereocenters. The van der Waals surface area contributed by atoms with Gasteiger partial charge in [-0.1, -0.05) is 18.2 Å². The molecule has 3 aromatic heterocycles. The lowest BCUT2D eigenvalue weighted by Gasteiger charge is -2.05. The van der Waals surface area contributed by atoms with Crippen molar-refractivity contribution in [1.82, 2.24) is 25.1 Å². The molecule has 2 aromatic carbocycles. The Hall–Kier alpha value is -4.92. The van der Waals surface area contributed by atoms with Crippen LogP contribution in [0.2, 0.25) is 0 Å². The molecule has 1 amide bonds. The SMILES string of the molecule is N=CC(C=CN)=NC(=O)c1cc2ccc(-c3nccc(Cc4ccc5[nH]ncc5c4)n3)cc2[nH]1. The first-order valence-corrected chi connectivity index (χ1v) is 10.5. The van der Waals surface area contributed by atoms with Crippen LogP contribution in [-0.2, 0) is 6.42 Å². The minimum atomic E-state index is -0.484. The van der Waals surface area contributed by atoms with Crippen LogP contribution in [-0.4, -0.2) is 43.0 Å². The summed E-state index contributed by atoms with van der Waals surface area (Å²) in [5, 5.41) is 16.3. The third kappa shape index (κ3) is 4.22. The van der Waals surface area contributed by atoms with Crippen molar-refractivity contribution in [3.8, 4) is 11.4 Å². The molecule has 0 aliphatic rings. The van der Waals surface area contributed by atoms with Crippen LogP contribution in [0.1, 0.15) is 21.7 Å². The molecule has 166 valence electrons. The molecule has 0 saturated carbocycles. The highest BCUT2D eigenvalue weighted by atomic mass is 16.1. The maximum Gasteiger partial charge on any atom is 0.294 e. The number of nitrogens with two attached hydrogens (primary N) is 1. The maximum absolute atomic E-state index is 12.5. The molecule has 9 heteroatoms. The van der Waals surface area contributed by atoms with E-state index in [4.69, 9.17) is 16.1 Å². The molecule has 0 aliphatic carbocycles. The summed E-state index contributed by atoms with van der Waals surface area (Å²) >= 11 is 0. The van der Waals surface area contributed by atoms with Crippen molar-refractivity contribution in [2.75, 3.05) is 0 Å². The number of aromatic amines is 2. The molecule has 0 spiro atoms. The van der Waals surface area contributed by atoms with E-state index in [2.05, 4.69) is 37.3 Å². The number of H-pyrrole nitrogens is 2. The van der Waals surface area contributed by atoms with Gasteiger partial charge in [-0.25, -0.2) is 15.0 Å². The summed E-state index contributed by atoms with van der Waals surface area (Å²) < 4.78 is 0. The molecule has 9 nitrogen and oxygen atoms in total. The highest BCUT2D eigenvalue weighted by Gasteiger charge is 2.11. The number of fused-ring (bicyclic) bond motifs is 2. The van der Waals surface area contributed by atoms with Gasteiger partial charge in [0.25, 0.3) is 5.91 Å². The van der Waals surface area contributed by atoms with Crippen molar-refractivity contribution in [3.63, 3.8) is 0 Å². The van der Waals surface area contributed by atoms with Gasteiger partial charge >= 0.3 is 0 Å². The van der Waals surface area contributed by atoms with Gasteiger partial charge in [-0.15, -0.1) is 0 Å². The molecule has 0 atom stereocenters. The Morgan fingerprint density at radius 1 is 1.09 bits per heavy atom. The molecule has 0 fully saturated rings. The summed E-state index contributed by atoms with van der Waals surface area (Å²) in [6.45, 7) is 0. The van der Waals surface area contributed by atoms with Gasteiger partial charge in [-0.2, -0.15) is 5.10 Å². The Labute approximate surface area is 194 Å². The average molecular weight is 448 g/mol. The molecule has 5 N–H and O–H groups in total. The summed E-state index contributed by atoms with van der Waals surface area (Å²) in [6.07, 6.45) is 7.83. The van der Waals surface area contributed by atoms with Crippen LogP contribution in [0.3, 0.4) is 0 Å². The van der Waals surface area contributed by atoms with Crippen molar-refractivity contribution in [2.24, 2.45) is 10.7 Å². The molecule has 0 saturated heterocycles. The van der Waals surface area contributed by atoms with E-state index in [0.29, 0.717) is 17.9 Å². The number of hydrogen-bond donors (Lipinski definition) is 4. The van der Waals surface area contributed by atoms with Gasteiger partial charge in [0.15, 0.2) is 5.82 Å². The number of benzene rings is 2. The van der Waals surface area contributed by atoms with Gasteiger partial charge in [-0.3, -0.25) is 9.89 Å². The number of carbonyl (C=O) groups excluding carboxylic acids is 1. The Kier molecular flexibility index (Phi) is 5.49. The van der Waals surface area contributed by atoms with E-state index in [0.717, 1.165) is 44.8 Å². The van der Waals surface area contributed by atoms with E-state index in [9.17, 15) is 4.79 Å². The number of nitrogens with one attached hydrogen (secondary N) is 3. The lowest BCUT2D eigenvalue weighted by Crippen LogP contribution is -2.03. The normalized spacial score (nSPS) is 12.1. The maximum atomic E-state index is 12.5. The average Bonchev–Trinajstić information content (AvgIpc) is 3.50. The Morgan fingerprint density at radius 3 is 2.85 bits per heavy atom. The molecule has 34 heavy (non-hydrogen) atoms. The third-order valence-electron chi connectivity index (χ3n) is 5.36. The Morgan fingerprint density at radius 2 is 2.00 bits per heavy atom. The molecule has 0 radical (unpaired) electrons. The van der Waals surface area contributed by atoms with Crippen molar-refractivity contribution in [2.45, 2.75) is 6.42 Å². The van der Waals surface area contributed by atoms with Crippen LogP contribution in [0, 0.1) is 5.41 Å². The second-order valence-corrected chi connectivity index (χ2v) is 7.67. The van der Waals surface area contributed by atoms with E-state index in [-0.39, 0.29) is 5.71 Å². The molecule has 3 heterocycles. The highest BCUT2D eigenvalue weighted by molar-refractivity contribution is 6.37. The first-order valence-electron chi connectivity index (χ1n) is 10.5. The van der Waals surface area contributed by atoms with Gasteiger partial charge in [0, 0.05) is 46.4 Å². The fourth-order valence-corrected chi connectivity index (χ4v) is 3.72. The predicted molar refractivity (Wildman–Crippen MR) is 132 cm³/mol. The molecule has 0 bridgehead atoms. The summed E-state index contributed by atoms with van der Waals surface area (Å²) in [7, 11) is 0. The number of amides is 1. The van der Waals surface area contributed by atoms with E-state index in [1.807, 2.05) is 30.3 Å². The topological polar surface area (TPSA) is 150 Å². The zero-order valence-electron chi connectivity index (χ0n) is 18.0. The number of hydrogen-bond acceptors (Lipinski definition) is 6. The smallest absolute Gasteiger partial charge is 0.294 e. The van der Waals surface area contributed by atoms with E-state index >= 15 is 0 Å². The lowest BCUT2D eigenvalue weighted by molar-refractivity contribution is 0.0999. The van der Waals surface area contributed by atoms with Crippen LogP contribution in [0.4, 0.5) is 0 Å². The second-order valence-electron chi connectivity index (χ2n) is 7.67. The quantitative estimate of drug-likeness (QED) is 0.291. The number of aromatic nitrogens is 5. The summed E-state index contributed by atoms with van der Waals surface area (Å²) in [4.78, 5) is 28.7. The van der Waals surface area contributed by atoms with E-state index in [1.165, 1.54) is 12.3 Å². The van der Waals surface area contributed by atoms with Crippen molar-refractivity contribution in [3.05, 3.63) is 90.2 Å². The van der Waals surface area contributed by atoms with Crippen molar-refractivity contribution < 1.29 is 4.79 Å². The minimum absolute atomic E-state index is 0.170. The number of aliphatic imine (C=N–C) groups is 1. The van der Waals surface area contributed by atoms with Crippen LogP contribution in [0.25, 0.3) is 33.2 Å². The standard InChI is InChI=1S/C25H20N8O/c26-7-5-20(13-27)31-25(34)23-11-16-2-3-17(12-22(16)32-23)24-28-8-6-19(30-24)10-15-1-4-21-18(9-15)14-29-33-21/h1-9,11-14,27,32H,10,26H2,(H,29,33). The fraction of sp³-hybridized carbons (Fsp3) is 0.0400. The van der Waals surface area contributed by atoms with Gasteiger partial charge in [0.2, 0.25) is 0 Å². The number of allylic oxidation sites excluding steroid dienone is 1. The molecular weight excluding hydrogens is 428 g/mol. The van der Waals surface area contributed by atoms with Crippen LogP contribution in [0.15, 0.2) is 78.2 Å². The number of rotatable bonds is 6. The second kappa shape index (κ2) is 8.91. The third-order valence-corrected chi connectivity index (χ3v) is 5.36. The predicted octanol–water partition coefficient (Wildman–Crippen LogP) is 3.80. The van der Waals surface area contributed by atoms with Gasteiger partial charge in [0.1, 0.15) is 5.69 Å². The zero-order valence-corrected chi connectivity index (χ0v) is 18.0. The van der Waals surface area contributed by atoms with Crippen LogP contribution >= 0.6 is 0 Å². The van der Waals surface area contributed by atoms with Crippen LogP contribution in [0.5, 0.6) is 0 Å². The van der Waals surface area contributed by atoms with Crippen molar-refractivity contribution in [1.29, 1.82) is 5.41 Å². The highest BCUT2D eigenvalue weighted by Crippen LogP contribution is 2.24. The first-order chi connectivity index (χ1) is 16.6. The first kappa shape index (κ1) is 21.0. The summed E-state index contributed by atoms with van der Waals surface area (Å²) in [5.41, 5.74) is 10.4. The van der Waals surface area contributed by atoms with Crippen molar-refractivity contribution >= 4 is 39.6 Å². The molecular formula is C25H20N8O. The largest absolute Gasteiger partial charge is 0.405 e. The lowest BCUT2D eigenvalue weighted by atomic mass is 10.1. The van der Waals surface area contributed by atoms with Gasteiger partial charge in [0.05, 0.1) is 17.4 Å². The zero-order chi connectivity index (χ0) is 23.5. The Bertz CT molecular complexity index is 1590. The van der Waals surface area contributed by atoms with Crippen LogP contribution < -0.4 is 5.73 Å². The molecule has 5 aromatic rings. The van der Waals surface area contributed by atoms with E-state index < -0.39 is 5.91 Å². The monoisotopic (exact) mass is 448 g/mol. The number of carbonyl (C=O) groups is 1. The minimum Gasteiger partial charge on any atom is -0.405 e. The van der Waals surface area contributed by atoms with Gasteiger partial charge in [-0.05, 0) is 48.2 Å². The number of nitrogens with zero attached hydrogens (tertiary/aromatic N) is 4. The summed E-state index contributed by atoms with van der Waals surface area (Å²) in [5.74, 6) is 0.116. The fourth-order valence-electron chi connectivity index (χ4n) is 3.72.